The molecule has 3 heterocycles. The summed E-state index contributed by atoms with van der Waals surface area (Å²) >= 11 is 0. The summed E-state index contributed by atoms with van der Waals surface area (Å²) in [4.78, 5) is 0. The van der Waals surface area contributed by atoms with Gasteiger partial charge < -0.3 is 24.5 Å². The Labute approximate surface area is 138 Å². The molecule has 7 heteroatoms. The number of halogens is 1. The van der Waals surface area contributed by atoms with Crippen LogP contribution in [0.25, 0.3) is 0 Å². The van der Waals surface area contributed by atoms with Gasteiger partial charge in [0.2, 0.25) is 0 Å². The number of unbranched alkanes of at least 4 members (excludes halogenated alkanes) is 1. The molecule has 3 aliphatic heterocycles. The van der Waals surface area contributed by atoms with Gasteiger partial charge in [0.25, 0.3) is 0 Å². The van der Waals surface area contributed by atoms with Crippen molar-refractivity contribution in [2.24, 2.45) is 5.73 Å². The van der Waals surface area contributed by atoms with Gasteiger partial charge in [-0.2, -0.15) is 0 Å². The minimum Gasteiger partial charge on any atom is -0.497 e. The molecule has 0 spiro atoms. The van der Waals surface area contributed by atoms with Crippen molar-refractivity contribution in [3.8, 4) is 0 Å². The largest absolute Gasteiger partial charge is 0.497 e. The predicted molar refractivity (Wildman–Crippen MR) is 87.7 cm³/mol. The highest BCUT2D eigenvalue weighted by molar-refractivity contribution is 6.57. The van der Waals surface area contributed by atoms with Crippen molar-refractivity contribution < 1.29 is 18.8 Å². The van der Waals surface area contributed by atoms with Gasteiger partial charge in [0.05, 0.1) is 25.1 Å². The van der Waals surface area contributed by atoms with Gasteiger partial charge in [0.15, 0.2) is 0 Å². The first-order chi connectivity index (χ1) is 10.3. The minimum atomic E-state index is -0.348. The summed E-state index contributed by atoms with van der Waals surface area (Å²) < 4.78 is 23.2. The standard InChI is InChI=1S/C15H22BNO4.ClH/c1-2-3-5-18-10-14-13-9-19-6-4-11-7-12(8-17)20-16(21-14)15(11)13;/h4,6-7,12,14H,2-3,5,8-10,17H2,1H3;1H. The maximum Gasteiger partial charge on any atom is 0.495 e. The quantitative estimate of drug-likeness (QED) is 0.595. The van der Waals surface area contributed by atoms with E-state index in [0.29, 0.717) is 19.8 Å². The third-order valence-electron chi connectivity index (χ3n) is 3.96. The van der Waals surface area contributed by atoms with Crippen molar-refractivity contribution in [2.75, 3.05) is 26.4 Å². The van der Waals surface area contributed by atoms with E-state index in [2.05, 4.69) is 6.92 Å². The number of hydrogen-bond acceptors (Lipinski definition) is 5. The summed E-state index contributed by atoms with van der Waals surface area (Å²) in [7, 11) is -0.348. The first kappa shape index (κ1) is 17.6. The van der Waals surface area contributed by atoms with Crippen molar-refractivity contribution in [1.82, 2.24) is 0 Å². The lowest BCUT2D eigenvalue weighted by Gasteiger charge is -2.24. The number of allylic oxidation sites excluding steroid dienone is 3. The Morgan fingerprint density at radius 1 is 1.41 bits per heavy atom. The molecule has 0 saturated carbocycles. The van der Waals surface area contributed by atoms with Crippen LogP contribution in [0.3, 0.4) is 0 Å². The predicted octanol–water partition coefficient (Wildman–Crippen LogP) is 1.78. The number of rotatable bonds is 6. The molecule has 0 bridgehead atoms. The van der Waals surface area contributed by atoms with Crippen molar-refractivity contribution in [3.63, 3.8) is 0 Å². The average molecular weight is 328 g/mol. The number of hydrogen-bond donors (Lipinski definition) is 1. The zero-order valence-corrected chi connectivity index (χ0v) is 13.6. The molecular formula is C15H23BClNO4. The van der Waals surface area contributed by atoms with E-state index in [9.17, 15) is 0 Å². The normalized spacial score (nSPS) is 26.1. The molecule has 0 aliphatic carbocycles. The van der Waals surface area contributed by atoms with Gasteiger partial charge in [-0.25, -0.2) is 0 Å². The van der Waals surface area contributed by atoms with Gasteiger partial charge in [-0.15, -0.1) is 12.4 Å². The first-order valence-corrected chi connectivity index (χ1v) is 7.65. The van der Waals surface area contributed by atoms with Gasteiger partial charge in [-0.3, -0.25) is 0 Å². The van der Waals surface area contributed by atoms with E-state index in [-0.39, 0.29) is 31.7 Å². The zero-order valence-electron chi connectivity index (χ0n) is 12.8. The smallest absolute Gasteiger partial charge is 0.495 e. The van der Waals surface area contributed by atoms with Gasteiger partial charge in [0.1, 0.15) is 6.61 Å². The molecule has 0 fully saturated rings. The fourth-order valence-corrected chi connectivity index (χ4v) is 2.81. The van der Waals surface area contributed by atoms with Crippen molar-refractivity contribution in [1.29, 1.82) is 0 Å². The summed E-state index contributed by atoms with van der Waals surface area (Å²) in [5, 5.41) is 0. The second-order valence-electron chi connectivity index (χ2n) is 5.47. The second kappa shape index (κ2) is 8.18. The topological polar surface area (TPSA) is 62.9 Å². The van der Waals surface area contributed by atoms with E-state index >= 15 is 0 Å². The molecular weight excluding hydrogens is 304 g/mol. The van der Waals surface area contributed by atoms with Crippen molar-refractivity contribution >= 4 is 19.5 Å². The fourth-order valence-electron chi connectivity index (χ4n) is 2.81. The lowest BCUT2D eigenvalue weighted by atomic mass is 9.70. The lowest BCUT2D eigenvalue weighted by molar-refractivity contribution is 0.0489. The molecule has 2 unspecified atom stereocenters. The molecule has 3 rings (SSSR count). The van der Waals surface area contributed by atoms with E-state index < -0.39 is 0 Å². The highest BCUT2D eigenvalue weighted by Crippen LogP contribution is 2.36. The van der Waals surface area contributed by atoms with Gasteiger partial charge in [0, 0.05) is 13.2 Å². The van der Waals surface area contributed by atoms with Crippen LogP contribution in [0.15, 0.2) is 35.0 Å². The Bertz CT molecular complexity index is 480. The third kappa shape index (κ3) is 3.58. The van der Waals surface area contributed by atoms with E-state index in [1.165, 1.54) is 0 Å². The SMILES string of the molecule is CCCCOCC1OB2OC(CN)C=C3C=COCC1=C23.Cl. The molecule has 0 amide bonds. The first-order valence-electron chi connectivity index (χ1n) is 7.65. The molecule has 0 aromatic rings. The van der Waals surface area contributed by atoms with Crippen LogP contribution in [0.2, 0.25) is 0 Å². The molecule has 0 radical (unpaired) electrons. The van der Waals surface area contributed by atoms with Gasteiger partial charge in [-0.1, -0.05) is 13.3 Å². The molecule has 0 aromatic carbocycles. The number of ether oxygens (including phenoxy) is 2. The van der Waals surface area contributed by atoms with Crippen molar-refractivity contribution in [2.45, 2.75) is 32.0 Å². The summed E-state index contributed by atoms with van der Waals surface area (Å²) in [6.07, 6.45) is 7.72. The molecule has 0 saturated heterocycles. The average Bonchev–Trinajstić information content (AvgIpc) is 2.70. The summed E-state index contributed by atoms with van der Waals surface area (Å²) in [5.41, 5.74) is 9.05. The molecule has 22 heavy (non-hydrogen) atoms. The zero-order chi connectivity index (χ0) is 14.7. The Balaban J connectivity index is 0.00000176. The Kier molecular flexibility index (Phi) is 6.53. The highest BCUT2D eigenvalue weighted by atomic mass is 35.5. The summed E-state index contributed by atoms with van der Waals surface area (Å²) in [6, 6.07) is 0. The molecule has 2 atom stereocenters. The third-order valence-corrected chi connectivity index (χ3v) is 3.96. The van der Waals surface area contributed by atoms with E-state index in [1.54, 1.807) is 6.26 Å². The van der Waals surface area contributed by atoms with Crippen LogP contribution in [0.4, 0.5) is 0 Å². The Hall–Kier alpha value is -0.785. The minimum absolute atomic E-state index is 0. The van der Waals surface area contributed by atoms with Crippen LogP contribution in [0, 0.1) is 0 Å². The maximum absolute atomic E-state index is 6.02. The second-order valence-corrected chi connectivity index (χ2v) is 5.47. The van der Waals surface area contributed by atoms with Crippen molar-refractivity contribution in [3.05, 3.63) is 35.0 Å². The molecule has 5 nitrogen and oxygen atoms in total. The highest BCUT2D eigenvalue weighted by Gasteiger charge is 2.45. The van der Waals surface area contributed by atoms with Crippen LogP contribution in [-0.4, -0.2) is 45.7 Å². The summed E-state index contributed by atoms with van der Waals surface area (Å²) in [5.74, 6) is 0. The molecule has 122 valence electrons. The van der Waals surface area contributed by atoms with Crippen LogP contribution in [0.5, 0.6) is 0 Å². The molecule has 0 aromatic heterocycles. The van der Waals surface area contributed by atoms with E-state index in [4.69, 9.17) is 24.5 Å². The maximum atomic E-state index is 6.02. The van der Waals surface area contributed by atoms with Gasteiger partial charge >= 0.3 is 7.12 Å². The van der Waals surface area contributed by atoms with Crippen LogP contribution in [0.1, 0.15) is 19.8 Å². The summed E-state index contributed by atoms with van der Waals surface area (Å²) in [6.45, 7) is 4.42. The monoisotopic (exact) mass is 327 g/mol. The Morgan fingerprint density at radius 2 is 2.27 bits per heavy atom. The molecule has 3 aliphatic rings. The number of nitrogens with two attached hydrogens (primary N) is 1. The van der Waals surface area contributed by atoms with Gasteiger partial charge in [-0.05, 0) is 35.2 Å². The fraction of sp³-hybridized carbons (Fsp3) is 0.600. The Morgan fingerprint density at radius 3 is 3.05 bits per heavy atom. The van der Waals surface area contributed by atoms with Crippen LogP contribution >= 0.6 is 12.4 Å². The van der Waals surface area contributed by atoms with E-state index in [1.807, 2.05) is 12.2 Å². The van der Waals surface area contributed by atoms with E-state index in [0.717, 1.165) is 36.1 Å². The van der Waals surface area contributed by atoms with Crippen LogP contribution < -0.4 is 5.73 Å². The lowest BCUT2D eigenvalue weighted by Crippen LogP contribution is -2.37. The van der Waals surface area contributed by atoms with Crippen LogP contribution in [-0.2, 0) is 18.8 Å². The molecule has 2 N–H and O–H groups in total.